The Labute approximate surface area is 112 Å². The summed E-state index contributed by atoms with van der Waals surface area (Å²) in [6, 6.07) is 0. The van der Waals surface area contributed by atoms with Gasteiger partial charge in [0.1, 0.15) is 10.9 Å². The average Bonchev–Trinajstić information content (AvgIpc) is 2.38. The Kier molecular flexibility index (Phi) is 4.22. The molecule has 2 heterocycles. The zero-order valence-corrected chi connectivity index (χ0v) is 12.0. The number of thioether (sulfide) groups is 1. The number of aromatic nitrogens is 2. The fraction of sp³-hybridized carbons (Fsp3) is 0.615. The van der Waals surface area contributed by atoms with Crippen LogP contribution < -0.4 is 0 Å². The van der Waals surface area contributed by atoms with Crippen LogP contribution in [-0.4, -0.2) is 40.1 Å². The highest BCUT2D eigenvalue weighted by Crippen LogP contribution is 2.23. The molecule has 1 saturated heterocycles. The van der Waals surface area contributed by atoms with E-state index in [2.05, 4.69) is 9.97 Å². The first kappa shape index (κ1) is 13.3. The molecule has 1 fully saturated rings. The SMILES string of the molecule is CSc1nc(C)nc(C)c1C(=O)N1CCCCC1. The number of likely N-dealkylation sites (tertiary alicyclic amines) is 1. The predicted octanol–water partition coefficient (Wildman–Crippen LogP) is 2.44. The Hall–Kier alpha value is -1.10. The van der Waals surface area contributed by atoms with Crippen LogP contribution in [0.15, 0.2) is 5.03 Å². The number of nitrogens with zero attached hydrogens (tertiary/aromatic N) is 3. The molecule has 2 rings (SSSR count). The largest absolute Gasteiger partial charge is 0.339 e. The molecule has 0 N–H and O–H groups in total. The smallest absolute Gasteiger partial charge is 0.258 e. The molecule has 0 atom stereocenters. The van der Waals surface area contributed by atoms with Crippen LogP contribution in [0, 0.1) is 13.8 Å². The normalized spacial score (nSPS) is 15.8. The van der Waals surface area contributed by atoms with Crippen molar-refractivity contribution in [1.29, 1.82) is 0 Å². The van der Waals surface area contributed by atoms with Crippen LogP contribution in [0.5, 0.6) is 0 Å². The van der Waals surface area contributed by atoms with Gasteiger partial charge < -0.3 is 4.90 Å². The maximum absolute atomic E-state index is 12.5. The van der Waals surface area contributed by atoms with Gasteiger partial charge in [0.15, 0.2) is 0 Å². The third-order valence-corrected chi connectivity index (χ3v) is 3.90. The molecule has 4 nitrogen and oxygen atoms in total. The molecular weight excluding hydrogens is 246 g/mol. The van der Waals surface area contributed by atoms with E-state index >= 15 is 0 Å². The molecule has 0 radical (unpaired) electrons. The Balaban J connectivity index is 2.34. The number of carbonyl (C=O) groups is 1. The first-order valence-corrected chi connectivity index (χ1v) is 7.54. The van der Waals surface area contributed by atoms with E-state index in [9.17, 15) is 4.79 Å². The van der Waals surface area contributed by atoms with Gasteiger partial charge >= 0.3 is 0 Å². The van der Waals surface area contributed by atoms with Crippen molar-refractivity contribution in [3.8, 4) is 0 Å². The Bertz CT molecular complexity index is 456. The summed E-state index contributed by atoms with van der Waals surface area (Å²) in [5, 5.41) is 0.801. The molecule has 0 saturated carbocycles. The average molecular weight is 265 g/mol. The molecule has 98 valence electrons. The van der Waals surface area contributed by atoms with Gasteiger partial charge in [-0.2, -0.15) is 0 Å². The van der Waals surface area contributed by atoms with Gasteiger partial charge in [0.25, 0.3) is 5.91 Å². The van der Waals surface area contributed by atoms with Crippen molar-refractivity contribution in [2.45, 2.75) is 38.1 Å². The second kappa shape index (κ2) is 5.69. The van der Waals surface area contributed by atoms with Crippen molar-refractivity contribution in [3.05, 3.63) is 17.1 Å². The Morgan fingerprint density at radius 1 is 1.17 bits per heavy atom. The maximum Gasteiger partial charge on any atom is 0.258 e. The van der Waals surface area contributed by atoms with E-state index < -0.39 is 0 Å². The number of carbonyl (C=O) groups excluding carboxylic acids is 1. The molecule has 1 aromatic heterocycles. The highest BCUT2D eigenvalue weighted by Gasteiger charge is 2.24. The third kappa shape index (κ3) is 2.66. The molecule has 1 amide bonds. The van der Waals surface area contributed by atoms with Gasteiger partial charge in [-0.15, -0.1) is 11.8 Å². The van der Waals surface area contributed by atoms with Crippen LogP contribution in [0.2, 0.25) is 0 Å². The lowest BCUT2D eigenvalue weighted by atomic mass is 10.1. The summed E-state index contributed by atoms with van der Waals surface area (Å²) < 4.78 is 0. The van der Waals surface area contributed by atoms with Gasteiger partial charge in [0, 0.05) is 13.1 Å². The molecule has 5 heteroatoms. The van der Waals surface area contributed by atoms with Crippen LogP contribution in [0.25, 0.3) is 0 Å². The minimum Gasteiger partial charge on any atom is -0.339 e. The van der Waals surface area contributed by atoms with Crippen molar-refractivity contribution < 1.29 is 4.79 Å². The summed E-state index contributed by atoms with van der Waals surface area (Å²) in [6.07, 6.45) is 5.38. The minimum absolute atomic E-state index is 0.0940. The van der Waals surface area contributed by atoms with Gasteiger partial charge in [0.05, 0.1) is 11.3 Å². The Morgan fingerprint density at radius 3 is 2.44 bits per heavy atom. The van der Waals surface area contributed by atoms with E-state index in [1.165, 1.54) is 18.2 Å². The maximum atomic E-state index is 12.5. The number of hydrogen-bond acceptors (Lipinski definition) is 4. The van der Waals surface area contributed by atoms with Crippen LogP contribution in [0.4, 0.5) is 0 Å². The molecule has 0 spiro atoms. The van der Waals surface area contributed by atoms with Crippen molar-refractivity contribution in [2.75, 3.05) is 19.3 Å². The summed E-state index contributed by atoms with van der Waals surface area (Å²) in [6.45, 7) is 5.48. The fourth-order valence-electron chi connectivity index (χ4n) is 2.33. The first-order valence-electron chi connectivity index (χ1n) is 6.32. The quantitative estimate of drug-likeness (QED) is 0.608. The molecule has 0 aliphatic carbocycles. The lowest BCUT2D eigenvalue weighted by Gasteiger charge is -2.27. The lowest BCUT2D eigenvalue weighted by Crippen LogP contribution is -2.36. The number of piperidine rings is 1. The lowest BCUT2D eigenvalue weighted by molar-refractivity contribution is 0.0718. The topological polar surface area (TPSA) is 46.1 Å². The predicted molar refractivity (Wildman–Crippen MR) is 73.0 cm³/mol. The summed E-state index contributed by atoms with van der Waals surface area (Å²) in [5.74, 6) is 0.823. The Morgan fingerprint density at radius 2 is 1.83 bits per heavy atom. The van der Waals surface area contributed by atoms with Crippen LogP contribution in [0.3, 0.4) is 0 Å². The second-order valence-electron chi connectivity index (χ2n) is 4.59. The summed E-state index contributed by atoms with van der Waals surface area (Å²) in [4.78, 5) is 23.2. The van der Waals surface area contributed by atoms with Crippen molar-refractivity contribution in [3.63, 3.8) is 0 Å². The number of hydrogen-bond donors (Lipinski definition) is 0. The van der Waals surface area contributed by atoms with Crippen molar-refractivity contribution in [2.24, 2.45) is 0 Å². The standard InChI is InChI=1S/C13H19N3OS/c1-9-11(12(18-3)15-10(2)14-9)13(17)16-7-5-4-6-8-16/h4-8H2,1-3H3. The van der Waals surface area contributed by atoms with E-state index in [-0.39, 0.29) is 5.91 Å². The van der Waals surface area contributed by atoms with Gasteiger partial charge in [-0.1, -0.05) is 0 Å². The molecular formula is C13H19N3OS. The van der Waals surface area contributed by atoms with E-state index in [0.29, 0.717) is 5.56 Å². The number of aryl methyl sites for hydroxylation is 2. The zero-order valence-electron chi connectivity index (χ0n) is 11.2. The number of rotatable bonds is 2. The van der Waals surface area contributed by atoms with Crippen LogP contribution in [0.1, 0.15) is 41.1 Å². The minimum atomic E-state index is 0.0940. The highest BCUT2D eigenvalue weighted by molar-refractivity contribution is 7.98. The van der Waals surface area contributed by atoms with Gasteiger partial charge in [-0.05, 0) is 39.4 Å². The van der Waals surface area contributed by atoms with Crippen molar-refractivity contribution in [1.82, 2.24) is 14.9 Å². The molecule has 1 aliphatic rings. The molecule has 1 aliphatic heterocycles. The molecule has 0 aromatic carbocycles. The molecule has 0 unspecified atom stereocenters. The van der Waals surface area contributed by atoms with E-state index in [1.807, 2.05) is 25.0 Å². The van der Waals surface area contributed by atoms with Crippen molar-refractivity contribution >= 4 is 17.7 Å². The van der Waals surface area contributed by atoms with E-state index in [4.69, 9.17) is 0 Å². The monoisotopic (exact) mass is 265 g/mol. The number of amides is 1. The summed E-state index contributed by atoms with van der Waals surface area (Å²) in [7, 11) is 0. The second-order valence-corrected chi connectivity index (χ2v) is 5.39. The highest BCUT2D eigenvalue weighted by atomic mass is 32.2. The summed E-state index contributed by atoms with van der Waals surface area (Å²) in [5.41, 5.74) is 1.48. The van der Waals surface area contributed by atoms with E-state index in [1.54, 1.807) is 0 Å². The molecule has 0 bridgehead atoms. The molecule has 1 aromatic rings. The van der Waals surface area contributed by atoms with E-state index in [0.717, 1.165) is 42.5 Å². The van der Waals surface area contributed by atoms with Crippen LogP contribution >= 0.6 is 11.8 Å². The third-order valence-electron chi connectivity index (χ3n) is 3.22. The van der Waals surface area contributed by atoms with Gasteiger partial charge in [0.2, 0.25) is 0 Å². The summed E-state index contributed by atoms with van der Waals surface area (Å²) >= 11 is 1.52. The van der Waals surface area contributed by atoms with Crippen LogP contribution in [-0.2, 0) is 0 Å². The molecule has 18 heavy (non-hydrogen) atoms. The fourth-order valence-corrected chi connectivity index (χ4v) is 2.99. The van der Waals surface area contributed by atoms with Gasteiger partial charge in [-0.3, -0.25) is 4.79 Å². The zero-order chi connectivity index (χ0) is 13.1. The first-order chi connectivity index (χ1) is 8.63. The van der Waals surface area contributed by atoms with Gasteiger partial charge in [-0.25, -0.2) is 9.97 Å².